The van der Waals surface area contributed by atoms with Crippen LogP contribution in [0.2, 0.25) is 0 Å². The van der Waals surface area contributed by atoms with E-state index in [0.717, 1.165) is 48.5 Å². The third kappa shape index (κ3) is 10.3. The number of aryl methyl sites for hydroxylation is 1. The Balaban J connectivity index is 1.05. The highest BCUT2D eigenvalue weighted by Crippen LogP contribution is 2.40. The Hall–Kier alpha value is -4.59. The van der Waals surface area contributed by atoms with Gasteiger partial charge in [0.05, 0.1) is 30.2 Å². The number of hydrogen-bond donors (Lipinski definition) is 4. The summed E-state index contributed by atoms with van der Waals surface area (Å²) >= 11 is 3.22. The Morgan fingerprint density at radius 1 is 0.885 bits per heavy atom. The summed E-state index contributed by atoms with van der Waals surface area (Å²) in [5.41, 5.74) is 12.9. The van der Waals surface area contributed by atoms with Crippen molar-refractivity contribution in [1.29, 1.82) is 0 Å². The van der Waals surface area contributed by atoms with Crippen molar-refractivity contribution in [3.05, 3.63) is 124 Å². The molecule has 10 nitrogen and oxygen atoms in total. The fourth-order valence-electron chi connectivity index (χ4n) is 5.98. The summed E-state index contributed by atoms with van der Waals surface area (Å²) in [6.07, 6.45) is 1.73. The molecule has 0 saturated carbocycles. The standard InChI is InChI=1S/C40H43N5O5S2/c1-26-44-45-40(52-26)51-25-32-22-36(29-16-14-27(24-46)15-17-29)50-39(49-32)30-20-18-28(19-21-30)33-9-3-2-8-31(33)23-42-37(47)12-6-7-13-38(48)43-35-11-5-4-10-34(35)41/h2-5,8-11,14-21,32,36,39,46H,6-7,12-13,22-25,41H2,1H3,(H,42,47)(H,43,48). The predicted molar refractivity (Wildman–Crippen MR) is 205 cm³/mol. The number of ether oxygens (including phenoxy) is 2. The van der Waals surface area contributed by atoms with E-state index in [4.69, 9.17) is 15.2 Å². The molecule has 270 valence electrons. The lowest BCUT2D eigenvalue weighted by Crippen LogP contribution is -2.31. The third-order valence-corrected chi connectivity index (χ3v) is 10.9. The number of nitrogens with zero attached hydrogens (tertiary/aromatic N) is 2. The SMILES string of the molecule is Cc1nnc(SCC2CC(c3ccc(CO)cc3)OC(c3ccc(-c4ccccc4CNC(=O)CCCCC(=O)Nc4ccccc4N)cc3)O2)s1. The number of benzene rings is 4. The lowest BCUT2D eigenvalue weighted by atomic mass is 9.97. The van der Waals surface area contributed by atoms with Gasteiger partial charge in [-0.05, 0) is 59.7 Å². The Bertz CT molecular complexity index is 1940. The second-order valence-corrected chi connectivity index (χ2v) is 15.1. The first-order valence-electron chi connectivity index (χ1n) is 17.4. The van der Waals surface area contributed by atoms with Crippen molar-refractivity contribution in [3.8, 4) is 11.1 Å². The summed E-state index contributed by atoms with van der Waals surface area (Å²) in [7, 11) is 0. The zero-order chi connectivity index (χ0) is 36.3. The van der Waals surface area contributed by atoms with Gasteiger partial charge in [-0.1, -0.05) is 108 Å². The Morgan fingerprint density at radius 3 is 2.33 bits per heavy atom. The van der Waals surface area contributed by atoms with Crippen LogP contribution in [0.1, 0.15) is 71.8 Å². The van der Waals surface area contributed by atoms with Gasteiger partial charge < -0.3 is 30.9 Å². The van der Waals surface area contributed by atoms with Crippen LogP contribution in [0.5, 0.6) is 0 Å². The summed E-state index contributed by atoms with van der Waals surface area (Å²) in [6.45, 7) is 2.34. The van der Waals surface area contributed by atoms with E-state index in [1.807, 2.05) is 73.7 Å². The van der Waals surface area contributed by atoms with Gasteiger partial charge in [0.2, 0.25) is 11.8 Å². The first kappa shape index (κ1) is 37.2. The molecule has 0 bridgehead atoms. The Morgan fingerprint density at radius 2 is 1.60 bits per heavy atom. The third-order valence-electron chi connectivity index (χ3n) is 8.79. The van der Waals surface area contributed by atoms with Crippen molar-refractivity contribution < 1.29 is 24.2 Å². The minimum Gasteiger partial charge on any atom is -0.397 e. The highest BCUT2D eigenvalue weighted by atomic mass is 32.2. The molecule has 2 heterocycles. The van der Waals surface area contributed by atoms with Gasteiger partial charge >= 0.3 is 0 Å². The first-order valence-corrected chi connectivity index (χ1v) is 19.2. The molecule has 0 spiro atoms. The minimum absolute atomic E-state index is 0.00604. The maximum atomic E-state index is 12.7. The molecule has 6 rings (SSSR count). The van der Waals surface area contributed by atoms with Crippen molar-refractivity contribution in [2.45, 2.75) is 75.0 Å². The van der Waals surface area contributed by atoms with Gasteiger partial charge in [-0.25, -0.2) is 0 Å². The molecular weight excluding hydrogens is 695 g/mol. The van der Waals surface area contributed by atoms with Crippen LogP contribution in [0.15, 0.2) is 101 Å². The summed E-state index contributed by atoms with van der Waals surface area (Å²) in [4.78, 5) is 25.0. The average Bonchev–Trinajstić information content (AvgIpc) is 3.60. The number of rotatable bonds is 15. The number of aromatic nitrogens is 2. The number of thioether (sulfide) groups is 1. The van der Waals surface area contributed by atoms with E-state index in [9.17, 15) is 14.7 Å². The van der Waals surface area contributed by atoms with Crippen molar-refractivity contribution in [2.75, 3.05) is 16.8 Å². The quantitative estimate of drug-likeness (QED) is 0.0481. The van der Waals surface area contributed by atoms with Crippen molar-refractivity contribution in [2.24, 2.45) is 0 Å². The highest BCUT2D eigenvalue weighted by Gasteiger charge is 2.32. The number of anilines is 2. The van der Waals surface area contributed by atoms with Crippen molar-refractivity contribution in [3.63, 3.8) is 0 Å². The number of hydrogen-bond acceptors (Lipinski definition) is 10. The van der Waals surface area contributed by atoms with E-state index >= 15 is 0 Å². The molecule has 4 aromatic carbocycles. The number of carbonyl (C=O) groups excluding carboxylic acids is 2. The smallest absolute Gasteiger partial charge is 0.224 e. The topological polar surface area (TPSA) is 149 Å². The van der Waals surface area contributed by atoms with E-state index < -0.39 is 6.29 Å². The molecule has 1 fully saturated rings. The van der Waals surface area contributed by atoms with Crippen molar-refractivity contribution >= 4 is 46.3 Å². The van der Waals surface area contributed by atoms with Crippen LogP contribution >= 0.6 is 23.1 Å². The summed E-state index contributed by atoms with van der Waals surface area (Å²) in [5.74, 6) is 0.543. The number of para-hydroxylation sites is 2. The van der Waals surface area contributed by atoms with E-state index in [2.05, 4.69) is 39.0 Å². The van der Waals surface area contributed by atoms with Crippen LogP contribution in [0.4, 0.5) is 11.4 Å². The van der Waals surface area contributed by atoms with Crippen LogP contribution in [0, 0.1) is 6.92 Å². The zero-order valence-electron chi connectivity index (χ0n) is 29.0. The number of aliphatic hydroxyl groups excluding tert-OH is 1. The van der Waals surface area contributed by atoms with Gasteiger partial charge in [0, 0.05) is 37.1 Å². The molecule has 2 amide bonds. The largest absolute Gasteiger partial charge is 0.397 e. The highest BCUT2D eigenvalue weighted by molar-refractivity contribution is 8.01. The average molecular weight is 738 g/mol. The molecule has 0 radical (unpaired) electrons. The molecule has 1 aliphatic heterocycles. The lowest BCUT2D eigenvalue weighted by Gasteiger charge is -2.36. The van der Waals surface area contributed by atoms with E-state index in [-0.39, 0.29) is 30.6 Å². The molecule has 5 aromatic rings. The van der Waals surface area contributed by atoms with Crippen LogP contribution in [0.3, 0.4) is 0 Å². The first-order chi connectivity index (χ1) is 25.3. The van der Waals surface area contributed by atoms with E-state index in [1.165, 1.54) is 0 Å². The molecule has 1 aromatic heterocycles. The molecule has 1 saturated heterocycles. The fourth-order valence-corrected chi connectivity index (χ4v) is 7.84. The number of unbranched alkanes of at least 4 members (excludes halogenated alkanes) is 1. The zero-order valence-corrected chi connectivity index (χ0v) is 30.6. The normalized spacial score (nSPS) is 17.1. The van der Waals surface area contributed by atoms with Gasteiger partial charge in [0.15, 0.2) is 10.6 Å². The van der Waals surface area contributed by atoms with Crippen LogP contribution in [0.25, 0.3) is 11.1 Å². The maximum absolute atomic E-state index is 12.7. The van der Waals surface area contributed by atoms with Crippen LogP contribution in [-0.2, 0) is 32.2 Å². The Kier molecular flexibility index (Phi) is 13.0. The number of amides is 2. The predicted octanol–water partition coefficient (Wildman–Crippen LogP) is 7.74. The van der Waals surface area contributed by atoms with Gasteiger partial charge in [0.1, 0.15) is 5.01 Å². The van der Waals surface area contributed by atoms with E-state index in [0.29, 0.717) is 50.0 Å². The second kappa shape index (κ2) is 18.3. The lowest BCUT2D eigenvalue weighted by molar-refractivity contribution is -0.245. The Labute approximate surface area is 312 Å². The van der Waals surface area contributed by atoms with E-state index in [1.54, 1.807) is 35.2 Å². The summed E-state index contributed by atoms with van der Waals surface area (Å²) in [5, 5.41) is 24.7. The molecule has 0 aliphatic carbocycles. The number of nitrogens with two attached hydrogens (primary N) is 1. The number of carbonyl (C=O) groups is 2. The molecule has 5 N–H and O–H groups in total. The molecule has 1 aliphatic rings. The minimum atomic E-state index is -0.566. The number of nitrogen functional groups attached to an aromatic ring is 1. The summed E-state index contributed by atoms with van der Waals surface area (Å²) < 4.78 is 14.0. The molecule has 12 heteroatoms. The second-order valence-electron chi connectivity index (χ2n) is 12.6. The fraction of sp³-hybridized carbons (Fsp3) is 0.300. The molecule has 3 unspecified atom stereocenters. The number of nitrogens with one attached hydrogen (secondary N) is 2. The number of aliphatic hydroxyl groups is 1. The van der Waals surface area contributed by atoms with Gasteiger partial charge in [0.25, 0.3) is 0 Å². The van der Waals surface area contributed by atoms with Gasteiger partial charge in [-0.3, -0.25) is 9.59 Å². The molecule has 3 atom stereocenters. The maximum Gasteiger partial charge on any atom is 0.224 e. The van der Waals surface area contributed by atoms with Gasteiger partial charge in [-0.2, -0.15) is 0 Å². The molecule has 52 heavy (non-hydrogen) atoms. The van der Waals surface area contributed by atoms with Crippen molar-refractivity contribution in [1.82, 2.24) is 15.5 Å². The molecular formula is C40H43N5O5S2. The van der Waals surface area contributed by atoms with Crippen LogP contribution < -0.4 is 16.4 Å². The van der Waals surface area contributed by atoms with Gasteiger partial charge in [-0.15, -0.1) is 10.2 Å². The van der Waals surface area contributed by atoms with Crippen LogP contribution in [-0.4, -0.2) is 39.0 Å². The monoisotopic (exact) mass is 737 g/mol. The summed E-state index contributed by atoms with van der Waals surface area (Å²) in [6, 6.07) is 31.2.